The molecule has 14 heavy (non-hydrogen) atoms. The molecule has 1 aromatic rings. The monoisotopic (exact) mass is 369 g/mol. The van der Waals surface area contributed by atoms with Crippen molar-refractivity contribution in [3.05, 3.63) is 34.3 Å². The molecular formula is C11H17BrIN. The van der Waals surface area contributed by atoms with Gasteiger partial charge in [-0.25, -0.2) is 0 Å². The van der Waals surface area contributed by atoms with Crippen molar-refractivity contribution in [2.24, 2.45) is 0 Å². The van der Waals surface area contributed by atoms with Crippen molar-refractivity contribution in [2.45, 2.75) is 13.5 Å². The number of halogens is 2. The van der Waals surface area contributed by atoms with E-state index in [1.54, 1.807) is 0 Å². The summed E-state index contributed by atoms with van der Waals surface area (Å²) in [6.45, 7) is 4.45. The van der Waals surface area contributed by atoms with Gasteiger partial charge in [-0.15, -0.1) is 0 Å². The highest BCUT2D eigenvalue weighted by Gasteiger charge is 2.13. The Labute approximate surface area is 112 Å². The summed E-state index contributed by atoms with van der Waals surface area (Å²) in [5.41, 5.74) is 1.38. The van der Waals surface area contributed by atoms with E-state index in [0.717, 1.165) is 17.6 Å². The van der Waals surface area contributed by atoms with Crippen LogP contribution in [0, 0.1) is 0 Å². The fourth-order valence-corrected chi connectivity index (χ4v) is 1.61. The standard InChI is InChI=1S/C11H17BrN.HI/c1-4-13(2,3)9-10-7-5-6-8-11(10)12;/h5-8H,4,9H2,1-3H3;1H/q+1;/p-1. The summed E-state index contributed by atoms with van der Waals surface area (Å²) < 4.78 is 2.25. The van der Waals surface area contributed by atoms with Gasteiger partial charge in [0.25, 0.3) is 0 Å². The molecule has 0 bridgehead atoms. The van der Waals surface area contributed by atoms with Crippen molar-refractivity contribution in [1.29, 1.82) is 0 Å². The summed E-state index contributed by atoms with van der Waals surface area (Å²) in [5.74, 6) is 0. The van der Waals surface area contributed by atoms with Crippen LogP contribution in [0.1, 0.15) is 12.5 Å². The molecule has 1 nitrogen and oxygen atoms in total. The Morgan fingerprint density at radius 1 is 1.21 bits per heavy atom. The van der Waals surface area contributed by atoms with Crippen molar-refractivity contribution in [1.82, 2.24) is 0 Å². The van der Waals surface area contributed by atoms with E-state index in [0.29, 0.717) is 0 Å². The molecule has 1 rings (SSSR count). The summed E-state index contributed by atoms with van der Waals surface area (Å²) in [5, 5.41) is 0. The molecule has 0 spiro atoms. The van der Waals surface area contributed by atoms with Gasteiger partial charge in [0.1, 0.15) is 6.54 Å². The minimum absolute atomic E-state index is 0. The number of nitrogens with zero attached hydrogens (tertiary/aromatic N) is 1. The molecule has 0 aliphatic carbocycles. The molecule has 0 fully saturated rings. The summed E-state index contributed by atoms with van der Waals surface area (Å²) >= 11 is 3.57. The number of benzene rings is 1. The summed E-state index contributed by atoms with van der Waals surface area (Å²) in [7, 11) is 4.50. The van der Waals surface area contributed by atoms with Gasteiger partial charge in [-0.05, 0) is 13.0 Å². The minimum atomic E-state index is 0. The second kappa shape index (κ2) is 6.08. The van der Waals surface area contributed by atoms with Crippen LogP contribution >= 0.6 is 15.9 Å². The molecule has 0 aliphatic heterocycles. The van der Waals surface area contributed by atoms with Crippen LogP contribution in [-0.4, -0.2) is 25.1 Å². The maximum Gasteiger partial charge on any atom is 0.105 e. The van der Waals surface area contributed by atoms with Crippen LogP contribution in [0.15, 0.2) is 28.7 Å². The predicted octanol–water partition coefficient (Wildman–Crippen LogP) is 0.0494. The van der Waals surface area contributed by atoms with E-state index in [-0.39, 0.29) is 24.0 Å². The fraction of sp³-hybridized carbons (Fsp3) is 0.455. The molecule has 80 valence electrons. The van der Waals surface area contributed by atoms with Gasteiger partial charge in [-0.2, -0.15) is 0 Å². The lowest BCUT2D eigenvalue weighted by molar-refractivity contribution is -0.901. The largest absolute Gasteiger partial charge is 1.00 e. The summed E-state index contributed by atoms with van der Waals surface area (Å²) in [4.78, 5) is 0. The molecule has 0 radical (unpaired) electrons. The van der Waals surface area contributed by atoms with Gasteiger partial charge in [0.2, 0.25) is 0 Å². The second-order valence-electron chi connectivity index (χ2n) is 4.00. The highest BCUT2D eigenvalue weighted by atomic mass is 127. The normalized spacial score (nSPS) is 10.9. The van der Waals surface area contributed by atoms with Crippen molar-refractivity contribution in [3.63, 3.8) is 0 Å². The lowest BCUT2D eigenvalue weighted by Gasteiger charge is -2.28. The number of hydrogen-bond acceptors (Lipinski definition) is 0. The molecule has 3 heteroatoms. The maximum absolute atomic E-state index is 3.57. The number of hydrogen-bond donors (Lipinski definition) is 0. The molecule has 1 aromatic carbocycles. The van der Waals surface area contributed by atoms with Crippen molar-refractivity contribution < 1.29 is 28.5 Å². The first-order valence-corrected chi connectivity index (χ1v) is 5.40. The topological polar surface area (TPSA) is 0 Å². The highest BCUT2D eigenvalue weighted by Crippen LogP contribution is 2.19. The van der Waals surface area contributed by atoms with Crippen LogP contribution in [0.2, 0.25) is 0 Å². The zero-order chi connectivity index (χ0) is 9.90. The highest BCUT2D eigenvalue weighted by molar-refractivity contribution is 9.10. The Balaban J connectivity index is 0.00000169. The lowest BCUT2D eigenvalue weighted by atomic mass is 10.2. The van der Waals surface area contributed by atoms with Gasteiger partial charge in [-0.3, -0.25) is 0 Å². The van der Waals surface area contributed by atoms with Crippen molar-refractivity contribution in [2.75, 3.05) is 20.6 Å². The summed E-state index contributed by atoms with van der Waals surface area (Å²) in [6, 6.07) is 8.43. The quantitative estimate of drug-likeness (QED) is 0.521. The van der Waals surface area contributed by atoms with Crippen molar-refractivity contribution in [3.8, 4) is 0 Å². The molecule has 0 atom stereocenters. The SMILES string of the molecule is CC[N+](C)(C)Cc1ccccc1Br.[I-]. The maximum atomic E-state index is 3.57. The van der Waals surface area contributed by atoms with E-state index in [1.807, 2.05) is 0 Å². The average Bonchev–Trinajstić information content (AvgIpc) is 2.09. The zero-order valence-corrected chi connectivity index (χ0v) is 12.7. The molecule has 0 aromatic heterocycles. The van der Waals surface area contributed by atoms with Crippen LogP contribution in [0.4, 0.5) is 0 Å². The first-order chi connectivity index (χ1) is 6.05. The number of quaternary nitrogens is 1. The average molecular weight is 370 g/mol. The van der Waals surface area contributed by atoms with Crippen molar-refractivity contribution >= 4 is 15.9 Å². The molecule has 0 amide bonds. The predicted molar refractivity (Wildman–Crippen MR) is 60.5 cm³/mol. The van der Waals surface area contributed by atoms with Crippen LogP contribution in [0.25, 0.3) is 0 Å². The van der Waals surface area contributed by atoms with E-state index in [2.05, 4.69) is 61.2 Å². The molecule has 0 unspecified atom stereocenters. The second-order valence-corrected chi connectivity index (χ2v) is 4.86. The Bertz CT molecular complexity index is 286. The van der Waals surface area contributed by atoms with E-state index >= 15 is 0 Å². The van der Waals surface area contributed by atoms with E-state index < -0.39 is 0 Å². The van der Waals surface area contributed by atoms with Gasteiger partial charge in [0, 0.05) is 10.0 Å². The molecule has 0 saturated carbocycles. The van der Waals surface area contributed by atoms with Gasteiger partial charge >= 0.3 is 0 Å². The van der Waals surface area contributed by atoms with Gasteiger partial charge < -0.3 is 28.5 Å². The Kier molecular flexibility index (Phi) is 6.25. The molecule has 0 aliphatic rings. The fourth-order valence-electron chi connectivity index (χ4n) is 1.20. The lowest BCUT2D eigenvalue weighted by Crippen LogP contribution is -3.00. The van der Waals surface area contributed by atoms with E-state index in [9.17, 15) is 0 Å². The molecule has 0 N–H and O–H groups in total. The minimum Gasteiger partial charge on any atom is -1.00 e. The molecule has 0 heterocycles. The van der Waals surface area contributed by atoms with E-state index in [4.69, 9.17) is 0 Å². The zero-order valence-electron chi connectivity index (χ0n) is 8.93. The third kappa shape index (κ3) is 4.28. The van der Waals surface area contributed by atoms with Gasteiger partial charge in [0.05, 0.1) is 20.6 Å². The van der Waals surface area contributed by atoms with Crippen LogP contribution < -0.4 is 24.0 Å². The smallest absolute Gasteiger partial charge is 0.105 e. The Morgan fingerprint density at radius 3 is 2.29 bits per heavy atom. The van der Waals surface area contributed by atoms with Crippen LogP contribution in [-0.2, 0) is 6.54 Å². The first kappa shape index (κ1) is 14.4. The molecular weight excluding hydrogens is 353 g/mol. The van der Waals surface area contributed by atoms with E-state index in [1.165, 1.54) is 10.0 Å². The van der Waals surface area contributed by atoms with Crippen LogP contribution in [0.3, 0.4) is 0 Å². The molecule has 0 saturated heterocycles. The first-order valence-electron chi connectivity index (χ1n) is 4.60. The third-order valence-electron chi connectivity index (χ3n) is 2.41. The van der Waals surface area contributed by atoms with Crippen LogP contribution in [0.5, 0.6) is 0 Å². The van der Waals surface area contributed by atoms with Gasteiger partial charge in [0.15, 0.2) is 0 Å². The van der Waals surface area contributed by atoms with Gasteiger partial charge in [-0.1, -0.05) is 34.1 Å². The Morgan fingerprint density at radius 2 is 1.79 bits per heavy atom. The summed E-state index contributed by atoms with van der Waals surface area (Å²) in [6.07, 6.45) is 0. The number of rotatable bonds is 3. The third-order valence-corrected chi connectivity index (χ3v) is 3.19. The Hall–Kier alpha value is 0.390.